The first-order chi connectivity index (χ1) is 18.5. The van der Waals surface area contributed by atoms with E-state index in [1.165, 1.54) is 11.1 Å². The van der Waals surface area contributed by atoms with Crippen LogP contribution in [0.5, 0.6) is 11.5 Å². The van der Waals surface area contributed by atoms with Crippen molar-refractivity contribution >= 4 is 34.3 Å². The van der Waals surface area contributed by atoms with Crippen LogP contribution >= 0.6 is 11.6 Å². The summed E-state index contributed by atoms with van der Waals surface area (Å²) in [6, 6.07) is 24.5. The Morgan fingerprint density at radius 2 is 1.74 bits per heavy atom. The Morgan fingerprint density at radius 3 is 2.50 bits per heavy atom. The molecular formula is C30H21ClN2O5. The van der Waals surface area contributed by atoms with Gasteiger partial charge in [0, 0.05) is 6.20 Å². The molecule has 1 atom stereocenters. The maximum absolute atomic E-state index is 13.7. The lowest BCUT2D eigenvalue weighted by atomic mass is 9.98. The first-order valence-electron chi connectivity index (χ1n) is 11.9. The number of anilines is 1. The van der Waals surface area contributed by atoms with Crippen LogP contribution in [0, 0.1) is 0 Å². The van der Waals surface area contributed by atoms with Crippen LogP contribution in [-0.4, -0.2) is 18.0 Å². The number of carbonyl (C=O) groups is 1. The average Bonchev–Trinajstić information content (AvgIpc) is 3.25. The molecule has 7 nitrogen and oxygen atoms in total. The number of pyridine rings is 1. The van der Waals surface area contributed by atoms with Gasteiger partial charge in [-0.1, -0.05) is 60.1 Å². The topological polar surface area (TPSA) is 81.9 Å². The van der Waals surface area contributed by atoms with Crippen LogP contribution in [0.3, 0.4) is 0 Å². The molecule has 6 rings (SSSR count). The van der Waals surface area contributed by atoms with Gasteiger partial charge < -0.3 is 13.9 Å². The smallest absolute Gasteiger partial charge is 0.296 e. The van der Waals surface area contributed by atoms with Crippen LogP contribution < -0.4 is 19.8 Å². The number of methoxy groups -OCH3 is 1. The van der Waals surface area contributed by atoms with E-state index in [0.717, 1.165) is 5.56 Å². The summed E-state index contributed by atoms with van der Waals surface area (Å²) >= 11 is 6.06. The fraction of sp³-hybridized carbons (Fsp3) is 0.100. The number of hydrogen-bond acceptors (Lipinski definition) is 6. The Morgan fingerprint density at radius 1 is 0.947 bits per heavy atom. The molecule has 188 valence electrons. The van der Waals surface area contributed by atoms with Gasteiger partial charge in [0.1, 0.15) is 18.0 Å². The van der Waals surface area contributed by atoms with Gasteiger partial charge in [0.05, 0.1) is 29.1 Å². The monoisotopic (exact) mass is 524 g/mol. The summed E-state index contributed by atoms with van der Waals surface area (Å²) in [7, 11) is 1.54. The van der Waals surface area contributed by atoms with E-state index in [9.17, 15) is 9.59 Å². The van der Waals surface area contributed by atoms with E-state index in [0.29, 0.717) is 45.5 Å². The number of aromatic nitrogens is 1. The molecule has 3 heterocycles. The zero-order valence-electron chi connectivity index (χ0n) is 20.3. The Bertz CT molecular complexity index is 1720. The molecule has 0 saturated carbocycles. The summed E-state index contributed by atoms with van der Waals surface area (Å²) in [5, 5.41) is 0.820. The van der Waals surface area contributed by atoms with Crippen LogP contribution in [0.4, 0.5) is 5.82 Å². The van der Waals surface area contributed by atoms with Gasteiger partial charge in [0.15, 0.2) is 16.9 Å². The van der Waals surface area contributed by atoms with Crippen molar-refractivity contribution in [2.45, 2.75) is 12.6 Å². The normalized spacial score (nSPS) is 14.5. The molecule has 3 aromatic carbocycles. The third kappa shape index (κ3) is 4.07. The van der Waals surface area contributed by atoms with Crippen molar-refractivity contribution in [3.05, 3.63) is 129 Å². The van der Waals surface area contributed by atoms with Gasteiger partial charge >= 0.3 is 0 Å². The SMILES string of the molecule is COc1cc(C2c3c(oc4ccccc4c3=O)C(=O)N2c2ccc(Cl)cn2)ccc1OCc1ccccc1. The van der Waals surface area contributed by atoms with E-state index in [1.54, 1.807) is 55.6 Å². The van der Waals surface area contributed by atoms with E-state index in [2.05, 4.69) is 4.98 Å². The van der Waals surface area contributed by atoms with E-state index in [4.69, 9.17) is 25.5 Å². The summed E-state index contributed by atoms with van der Waals surface area (Å²) < 4.78 is 17.6. The lowest BCUT2D eigenvalue weighted by molar-refractivity contribution is 0.0970. The quantitative estimate of drug-likeness (QED) is 0.264. The van der Waals surface area contributed by atoms with E-state index >= 15 is 0 Å². The number of para-hydroxylation sites is 1. The van der Waals surface area contributed by atoms with Gasteiger partial charge in [-0.25, -0.2) is 4.98 Å². The van der Waals surface area contributed by atoms with Crippen LogP contribution in [0.2, 0.25) is 5.02 Å². The largest absolute Gasteiger partial charge is 0.493 e. The van der Waals surface area contributed by atoms with Crippen molar-refractivity contribution in [3.63, 3.8) is 0 Å². The van der Waals surface area contributed by atoms with E-state index in [1.807, 2.05) is 36.4 Å². The second-order valence-electron chi connectivity index (χ2n) is 8.77. The summed E-state index contributed by atoms with van der Waals surface area (Å²) in [5.41, 5.74) is 1.96. The molecule has 0 aliphatic carbocycles. The molecular weight excluding hydrogens is 504 g/mol. The Hall–Kier alpha value is -4.62. The fourth-order valence-electron chi connectivity index (χ4n) is 4.69. The van der Waals surface area contributed by atoms with Crippen LogP contribution in [-0.2, 0) is 6.61 Å². The highest BCUT2D eigenvalue weighted by atomic mass is 35.5. The van der Waals surface area contributed by atoms with Gasteiger partial charge in [0.25, 0.3) is 5.91 Å². The number of halogens is 1. The third-order valence-electron chi connectivity index (χ3n) is 6.48. The summed E-state index contributed by atoms with van der Waals surface area (Å²) in [6.45, 7) is 0.359. The third-order valence-corrected chi connectivity index (χ3v) is 6.70. The van der Waals surface area contributed by atoms with E-state index in [-0.39, 0.29) is 16.8 Å². The van der Waals surface area contributed by atoms with Gasteiger partial charge in [-0.3, -0.25) is 14.5 Å². The van der Waals surface area contributed by atoms with Crippen molar-refractivity contribution in [2.24, 2.45) is 0 Å². The molecule has 5 aromatic rings. The molecule has 0 fully saturated rings. The molecule has 0 N–H and O–H groups in total. The van der Waals surface area contributed by atoms with Crippen molar-refractivity contribution in [2.75, 3.05) is 12.0 Å². The second kappa shape index (κ2) is 9.68. The van der Waals surface area contributed by atoms with Gasteiger partial charge in [-0.15, -0.1) is 0 Å². The Balaban J connectivity index is 1.48. The van der Waals surface area contributed by atoms with Crippen LogP contribution in [0.25, 0.3) is 11.0 Å². The molecule has 1 amide bonds. The second-order valence-corrected chi connectivity index (χ2v) is 9.20. The number of amides is 1. The lowest BCUT2D eigenvalue weighted by Gasteiger charge is -2.25. The molecule has 8 heteroatoms. The number of fused-ring (bicyclic) bond motifs is 2. The molecule has 0 spiro atoms. The standard InChI is InChI=1S/C30H21ClN2O5/c1-36-24-15-19(11-13-23(24)37-17-18-7-3-2-4-8-18)27-26-28(34)21-9-5-6-10-22(21)38-29(26)30(35)33(27)25-14-12-20(31)16-32-25/h2-16,27H,17H2,1H3. The minimum Gasteiger partial charge on any atom is -0.493 e. The number of benzene rings is 3. The zero-order chi connectivity index (χ0) is 26.2. The number of carbonyl (C=O) groups excluding carboxylic acids is 1. The minimum absolute atomic E-state index is 0.0150. The summed E-state index contributed by atoms with van der Waals surface area (Å²) in [6.07, 6.45) is 1.46. The highest BCUT2D eigenvalue weighted by Gasteiger charge is 2.44. The molecule has 0 bridgehead atoms. The van der Waals surface area contributed by atoms with E-state index < -0.39 is 11.9 Å². The molecule has 0 saturated heterocycles. The van der Waals surface area contributed by atoms with Gasteiger partial charge in [-0.2, -0.15) is 0 Å². The summed E-state index contributed by atoms with van der Waals surface area (Å²) in [5.74, 6) is 0.854. The van der Waals surface area contributed by atoms with Crippen molar-refractivity contribution in [3.8, 4) is 11.5 Å². The van der Waals surface area contributed by atoms with Crippen LogP contribution in [0.1, 0.15) is 33.3 Å². The first kappa shape index (κ1) is 23.8. The maximum Gasteiger partial charge on any atom is 0.296 e. The molecule has 0 radical (unpaired) electrons. The predicted molar refractivity (Wildman–Crippen MR) is 144 cm³/mol. The molecule has 2 aromatic heterocycles. The van der Waals surface area contributed by atoms with Crippen molar-refractivity contribution < 1.29 is 18.7 Å². The maximum atomic E-state index is 13.7. The number of nitrogens with zero attached hydrogens (tertiary/aromatic N) is 2. The molecule has 1 aliphatic rings. The number of hydrogen-bond donors (Lipinski definition) is 0. The molecule has 1 unspecified atom stereocenters. The van der Waals surface area contributed by atoms with Crippen LogP contribution in [0.15, 0.2) is 100 Å². The summed E-state index contributed by atoms with van der Waals surface area (Å²) in [4.78, 5) is 33.2. The average molecular weight is 525 g/mol. The van der Waals surface area contributed by atoms with Crippen molar-refractivity contribution in [1.82, 2.24) is 4.98 Å². The highest BCUT2D eigenvalue weighted by Crippen LogP contribution is 2.43. The highest BCUT2D eigenvalue weighted by molar-refractivity contribution is 6.30. The number of rotatable bonds is 6. The Kier molecular flexibility index (Phi) is 6.05. The predicted octanol–water partition coefficient (Wildman–Crippen LogP) is 6.18. The molecule has 1 aliphatic heterocycles. The zero-order valence-corrected chi connectivity index (χ0v) is 21.0. The number of ether oxygens (including phenoxy) is 2. The first-order valence-corrected chi connectivity index (χ1v) is 12.3. The molecule has 38 heavy (non-hydrogen) atoms. The van der Waals surface area contributed by atoms with Gasteiger partial charge in [-0.05, 0) is 47.5 Å². The minimum atomic E-state index is -0.802. The Labute approximate surface area is 222 Å². The fourth-order valence-corrected chi connectivity index (χ4v) is 4.80. The van der Waals surface area contributed by atoms with Crippen molar-refractivity contribution in [1.29, 1.82) is 0 Å². The van der Waals surface area contributed by atoms with Gasteiger partial charge in [0.2, 0.25) is 5.76 Å². The lowest BCUT2D eigenvalue weighted by Crippen LogP contribution is -2.30.